The van der Waals surface area contributed by atoms with Crippen molar-refractivity contribution in [1.82, 2.24) is 9.88 Å². The molecule has 1 aliphatic heterocycles. The Morgan fingerprint density at radius 3 is 2.62 bits per heavy atom. The molecule has 0 radical (unpaired) electrons. The number of benzene rings is 1. The Morgan fingerprint density at radius 2 is 1.83 bits per heavy atom. The summed E-state index contributed by atoms with van der Waals surface area (Å²) in [5.41, 5.74) is 4.06. The molecule has 148 valence electrons. The minimum absolute atomic E-state index is 0.290. The quantitative estimate of drug-likeness (QED) is 0.462. The van der Waals surface area contributed by atoms with Gasteiger partial charge in [0.05, 0.1) is 5.56 Å². The first-order chi connectivity index (χ1) is 14.0. The maximum absolute atomic E-state index is 12.8. The summed E-state index contributed by atoms with van der Waals surface area (Å²) < 4.78 is 6.90. The number of nitrogens with zero attached hydrogens (tertiary/aromatic N) is 3. The maximum atomic E-state index is 12.8. The van der Waals surface area contributed by atoms with Gasteiger partial charge < -0.3 is 14.2 Å². The van der Waals surface area contributed by atoms with Gasteiger partial charge in [-0.3, -0.25) is 4.98 Å². The maximum Gasteiger partial charge on any atom is 0.345 e. The highest BCUT2D eigenvalue weighted by Gasteiger charge is 2.17. The molecule has 0 atom stereocenters. The average molecular weight is 406 g/mol. The second-order valence-electron chi connectivity index (χ2n) is 7.83. The number of thiophene rings is 1. The number of fused-ring (bicyclic) bond motifs is 2. The molecule has 5 nitrogen and oxygen atoms in total. The Morgan fingerprint density at radius 1 is 1.03 bits per heavy atom. The van der Waals surface area contributed by atoms with Crippen LogP contribution in [0.1, 0.15) is 11.4 Å². The molecule has 0 bridgehead atoms. The van der Waals surface area contributed by atoms with E-state index in [1.807, 2.05) is 26.0 Å². The molecule has 0 N–H and O–H groups in total. The lowest BCUT2D eigenvalue weighted by atomic mass is 10.1. The third-order valence-electron chi connectivity index (χ3n) is 5.69. The number of rotatable bonds is 2. The number of anilines is 1. The van der Waals surface area contributed by atoms with E-state index in [1.54, 1.807) is 11.3 Å². The first-order valence-electron chi connectivity index (χ1n) is 9.87. The van der Waals surface area contributed by atoms with Crippen LogP contribution in [0.4, 0.5) is 5.69 Å². The van der Waals surface area contributed by atoms with Crippen molar-refractivity contribution in [3.63, 3.8) is 0 Å². The van der Waals surface area contributed by atoms with E-state index in [9.17, 15) is 4.79 Å². The molecule has 1 saturated heterocycles. The highest BCUT2D eigenvalue weighted by atomic mass is 32.1. The van der Waals surface area contributed by atoms with Crippen LogP contribution < -0.4 is 10.5 Å². The fourth-order valence-corrected chi connectivity index (χ4v) is 5.22. The largest absolute Gasteiger partial charge is 0.422 e. The number of piperazine rings is 1. The third kappa shape index (κ3) is 3.32. The Balaban J connectivity index is 1.56. The molecular formula is C23H23N3O2S. The topological polar surface area (TPSA) is 49.6 Å². The summed E-state index contributed by atoms with van der Waals surface area (Å²) in [5.74, 6) is 0. The van der Waals surface area contributed by atoms with Crippen molar-refractivity contribution in [2.24, 2.45) is 0 Å². The lowest BCUT2D eigenvalue weighted by molar-refractivity contribution is 0.313. The smallest absolute Gasteiger partial charge is 0.345 e. The molecule has 5 rings (SSSR count). The molecule has 0 unspecified atom stereocenters. The fraction of sp³-hybridized carbons (Fsp3) is 0.304. The predicted molar refractivity (Wildman–Crippen MR) is 120 cm³/mol. The van der Waals surface area contributed by atoms with Gasteiger partial charge in [-0.05, 0) is 51.2 Å². The van der Waals surface area contributed by atoms with Gasteiger partial charge in [0, 0.05) is 69.7 Å². The zero-order valence-corrected chi connectivity index (χ0v) is 17.7. The second-order valence-corrected chi connectivity index (χ2v) is 8.92. The number of hydrogen-bond donors (Lipinski definition) is 0. The van der Waals surface area contributed by atoms with E-state index < -0.39 is 0 Å². The number of pyridine rings is 1. The molecule has 0 amide bonds. The van der Waals surface area contributed by atoms with Gasteiger partial charge in [-0.1, -0.05) is 0 Å². The van der Waals surface area contributed by atoms with Crippen LogP contribution in [0.5, 0.6) is 0 Å². The molecule has 3 aromatic heterocycles. The van der Waals surface area contributed by atoms with Crippen LogP contribution in [0.15, 0.2) is 45.6 Å². The summed E-state index contributed by atoms with van der Waals surface area (Å²) in [5, 5.41) is 2.04. The van der Waals surface area contributed by atoms with Gasteiger partial charge in [-0.25, -0.2) is 4.79 Å². The van der Waals surface area contributed by atoms with E-state index in [4.69, 9.17) is 4.42 Å². The van der Waals surface area contributed by atoms with E-state index in [2.05, 4.69) is 46.1 Å². The molecule has 1 fully saturated rings. The van der Waals surface area contributed by atoms with Gasteiger partial charge in [0.15, 0.2) is 0 Å². The first kappa shape index (κ1) is 18.3. The van der Waals surface area contributed by atoms with Gasteiger partial charge in [-0.15, -0.1) is 11.3 Å². The van der Waals surface area contributed by atoms with Crippen LogP contribution in [0.3, 0.4) is 0 Å². The lowest BCUT2D eigenvalue weighted by Crippen LogP contribution is -2.44. The Labute approximate surface area is 173 Å². The average Bonchev–Trinajstić information content (AvgIpc) is 3.11. The number of aromatic nitrogens is 1. The number of aryl methyl sites for hydroxylation is 2. The number of hydrogen-bond acceptors (Lipinski definition) is 6. The Bertz CT molecular complexity index is 1280. The summed E-state index contributed by atoms with van der Waals surface area (Å²) >= 11 is 1.61. The van der Waals surface area contributed by atoms with Crippen molar-refractivity contribution in [1.29, 1.82) is 0 Å². The minimum atomic E-state index is -0.290. The van der Waals surface area contributed by atoms with Crippen molar-refractivity contribution >= 4 is 38.1 Å². The van der Waals surface area contributed by atoms with Crippen LogP contribution in [0.25, 0.3) is 31.5 Å². The molecule has 0 aliphatic carbocycles. The van der Waals surface area contributed by atoms with Crippen molar-refractivity contribution in [3.05, 3.63) is 58.2 Å². The summed E-state index contributed by atoms with van der Waals surface area (Å²) in [6, 6.07) is 12.3. The highest BCUT2D eigenvalue weighted by molar-refractivity contribution is 7.22. The van der Waals surface area contributed by atoms with Crippen molar-refractivity contribution < 1.29 is 4.42 Å². The zero-order valence-electron chi connectivity index (χ0n) is 16.9. The first-order valence-corrected chi connectivity index (χ1v) is 10.7. The van der Waals surface area contributed by atoms with E-state index >= 15 is 0 Å². The van der Waals surface area contributed by atoms with Crippen LogP contribution >= 0.6 is 11.3 Å². The molecule has 1 aromatic carbocycles. The summed E-state index contributed by atoms with van der Waals surface area (Å²) in [6.07, 6.45) is 0. The molecule has 4 aromatic rings. The third-order valence-corrected chi connectivity index (χ3v) is 6.80. The van der Waals surface area contributed by atoms with Gasteiger partial charge in [0.2, 0.25) is 0 Å². The molecule has 0 spiro atoms. The SMILES string of the molecule is Cc1cc2sc(-c3cc4ccc(N5CCN(C)CC5)cc4oc3=O)cc2c(C)n1. The van der Waals surface area contributed by atoms with Crippen LogP contribution in [0, 0.1) is 13.8 Å². The van der Waals surface area contributed by atoms with Crippen LogP contribution in [-0.2, 0) is 0 Å². The van der Waals surface area contributed by atoms with Gasteiger partial charge >= 0.3 is 5.63 Å². The second kappa shape index (κ2) is 6.97. The van der Waals surface area contributed by atoms with Gasteiger partial charge in [-0.2, -0.15) is 0 Å². The van der Waals surface area contributed by atoms with Crippen LogP contribution in [0.2, 0.25) is 0 Å². The van der Waals surface area contributed by atoms with E-state index in [1.165, 1.54) is 0 Å². The van der Waals surface area contributed by atoms with E-state index in [-0.39, 0.29) is 5.63 Å². The highest BCUT2D eigenvalue weighted by Crippen LogP contribution is 2.35. The normalized spacial score (nSPS) is 15.5. The van der Waals surface area contributed by atoms with Crippen molar-refractivity contribution in [2.45, 2.75) is 13.8 Å². The molecule has 0 saturated carbocycles. The van der Waals surface area contributed by atoms with E-state index in [0.29, 0.717) is 11.1 Å². The van der Waals surface area contributed by atoms with Crippen LogP contribution in [-0.4, -0.2) is 43.1 Å². The summed E-state index contributed by atoms with van der Waals surface area (Å²) in [4.78, 5) is 22.9. The molecule has 4 heterocycles. The Hall–Kier alpha value is -2.70. The predicted octanol–water partition coefficient (Wildman–Crippen LogP) is 4.44. The minimum Gasteiger partial charge on any atom is -0.422 e. The monoisotopic (exact) mass is 405 g/mol. The zero-order chi connectivity index (χ0) is 20.1. The Kier molecular flexibility index (Phi) is 4.41. The summed E-state index contributed by atoms with van der Waals surface area (Å²) in [7, 11) is 2.14. The number of likely N-dealkylation sites (N-methyl/N-ethyl adjacent to an activating group) is 1. The molecule has 6 heteroatoms. The van der Waals surface area contributed by atoms with Crippen molar-refractivity contribution in [3.8, 4) is 10.4 Å². The van der Waals surface area contributed by atoms with Gasteiger partial charge in [0.25, 0.3) is 0 Å². The lowest BCUT2D eigenvalue weighted by Gasteiger charge is -2.34. The fourth-order valence-electron chi connectivity index (χ4n) is 4.01. The molecule has 1 aliphatic rings. The standard InChI is InChI=1S/C23H23N3O2S/c1-14-10-21-18(15(2)24-14)13-22(29-21)19-11-16-4-5-17(12-20(16)28-23(19)27)26-8-6-25(3)7-9-26/h4-5,10-13H,6-9H2,1-3H3. The van der Waals surface area contributed by atoms with Gasteiger partial charge in [0.1, 0.15) is 5.58 Å². The summed E-state index contributed by atoms with van der Waals surface area (Å²) in [6.45, 7) is 8.06. The molecular weight excluding hydrogens is 382 g/mol. The molecule has 29 heavy (non-hydrogen) atoms. The van der Waals surface area contributed by atoms with Crippen molar-refractivity contribution in [2.75, 3.05) is 38.1 Å². The van der Waals surface area contributed by atoms with E-state index in [0.717, 1.165) is 63.6 Å².